The molecule has 1 heterocycles. The number of carbonyl (C=O) groups excluding carboxylic acids is 1. The number of Topliss-reactive ketones (excluding diaryl/α,β-unsaturated/α-hetero) is 1. The second-order valence-corrected chi connectivity index (χ2v) is 3.58. The lowest BCUT2D eigenvalue weighted by molar-refractivity contribution is 0.101. The number of aromatic nitrogens is 2. The summed E-state index contributed by atoms with van der Waals surface area (Å²) in [6, 6.07) is 11.3. The topological polar surface area (TPSA) is 34.9 Å². The quantitative estimate of drug-likeness (QED) is 0.631. The van der Waals surface area contributed by atoms with Crippen LogP contribution in [0.3, 0.4) is 0 Å². The molecule has 0 aliphatic heterocycles. The van der Waals surface area contributed by atoms with Crippen molar-refractivity contribution in [3.63, 3.8) is 0 Å². The number of benzene rings is 1. The molecule has 76 valence electrons. The third-order valence-electron chi connectivity index (χ3n) is 2.05. The Hall–Kier alpha value is -1.42. The molecule has 0 saturated carbocycles. The minimum atomic E-state index is 0.0244. The largest absolute Gasteiger partial charge is 0.291 e. The summed E-state index contributed by atoms with van der Waals surface area (Å²) in [5, 5.41) is 4.44. The molecule has 0 aliphatic carbocycles. The molecule has 0 radical (unpaired) electrons. The van der Waals surface area contributed by atoms with Crippen LogP contribution in [0.4, 0.5) is 0 Å². The highest BCUT2D eigenvalue weighted by atomic mass is 79.9. The van der Waals surface area contributed by atoms with Gasteiger partial charge in [0.25, 0.3) is 0 Å². The van der Waals surface area contributed by atoms with Crippen LogP contribution in [0.2, 0.25) is 0 Å². The fourth-order valence-electron chi connectivity index (χ4n) is 1.36. The van der Waals surface area contributed by atoms with E-state index in [-0.39, 0.29) is 5.78 Å². The van der Waals surface area contributed by atoms with E-state index < -0.39 is 0 Å². The van der Waals surface area contributed by atoms with Crippen LogP contribution in [-0.2, 0) is 0 Å². The molecule has 0 amide bonds. The zero-order valence-corrected chi connectivity index (χ0v) is 9.52. The van der Waals surface area contributed by atoms with Crippen molar-refractivity contribution >= 4 is 21.7 Å². The van der Waals surface area contributed by atoms with E-state index >= 15 is 0 Å². The van der Waals surface area contributed by atoms with Crippen LogP contribution >= 0.6 is 15.9 Å². The second kappa shape index (κ2) is 4.40. The van der Waals surface area contributed by atoms with Gasteiger partial charge in [0.15, 0.2) is 5.78 Å². The SMILES string of the molecule is O=C(CBr)c1ccnn1-c1ccccc1. The predicted molar refractivity (Wildman–Crippen MR) is 61.7 cm³/mol. The van der Waals surface area contributed by atoms with E-state index in [1.54, 1.807) is 16.9 Å². The third kappa shape index (κ3) is 1.99. The minimum Gasteiger partial charge on any atom is -0.291 e. The highest BCUT2D eigenvalue weighted by Crippen LogP contribution is 2.10. The van der Waals surface area contributed by atoms with Gasteiger partial charge in [0.2, 0.25) is 0 Å². The molecule has 3 nitrogen and oxygen atoms in total. The first-order chi connectivity index (χ1) is 7.33. The van der Waals surface area contributed by atoms with Crippen LogP contribution in [0.5, 0.6) is 0 Å². The van der Waals surface area contributed by atoms with Gasteiger partial charge < -0.3 is 0 Å². The van der Waals surface area contributed by atoms with Crippen LogP contribution in [0, 0.1) is 0 Å². The van der Waals surface area contributed by atoms with Crippen molar-refractivity contribution in [1.82, 2.24) is 9.78 Å². The molecule has 1 aromatic heterocycles. The Balaban J connectivity index is 2.46. The molecule has 2 rings (SSSR count). The summed E-state index contributed by atoms with van der Waals surface area (Å²) < 4.78 is 1.64. The lowest BCUT2D eigenvalue weighted by Crippen LogP contribution is -2.09. The van der Waals surface area contributed by atoms with Gasteiger partial charge in [-0.05, 0) is 18.2 Å². The Morgan fingerprint density at radius 2 is 2.00 bits per heavy atom. The van der Waals surface area contributed by atoms with Crippen LogP contribution in [-0.4, -0.2) is 20.9 Å². The van der Waals surface area contributed by atoms with Crippen molar-refractivity contribution in [3.8, 4) is 5.69 Å². The zero-order valence-electron chi connectivity index (χ0n) is 7.93. The molecule has 15 heavy (non-hydrogen) atoms. The number of hydrogen-bond acceptors (Lipinski definition) is 2. The van der Waals surface area contributed by atoms with Gasteiger partial charge in [-0.25, -0.2) is 4.68 Å². The predicted octanol–water partition coefficient (Wildman–Crippen LogP) is 2.45. The Morgan fingerprint density at radius 3 is 2.67 bits per heavy atom. The number of para-hydroxylation sites is 1. The summed E-state index contributed by atoms with van der Waals surface area (Å²) in [5.74, 6) is 0.0244. The standard InChI is InChI=1S/C11H9BrN2O/c12-8-11(15)10-6-7-13-14(10)9-4-2-1-3-5-9/h1-7H,8H2. The smallest absolute Gasteiger partial charge is 0.191 e. The summed E-state index contributed by atoms with van der Waals surface area (Å²) in [6.45, 7) is 0. The first-order valence-electron chi connectivity index (χ1n) is 4.51. The number of hydrogen-bond donors (Lipinski definition) is 0. The van der Waals surface area contributed by atoms with Crippen molar-refractivity contribution in [3.05, 3.63) is 48.3 Å². The number of nitrogens with zero attached hydrogens (tertiary/aromatic N) is 2. The number of carbonyl (C=O) groups is 1. The first-order valence-corrected chi connectivity index (χ1v) is 5.63. The van der Waals surface area contributed by atoms with Gasteiger partial charge in [-0.15, -0.1) is 0 Å². The van der Waals surface area contributed by atoms with Crippen molar-refractivity contribution in [2.45, 2.75) is 0 Å². The normalized spacial score (nSPS) is 10.2. The van der Waals surface area contributed by atoms with E-state index in [9.17, 15) is 4.79 Å². The van der Waals surface area contributed by atoms with Gasteiger partial charge in [0.1, 0.15) is 5.69 Å². The Kier molecular flexibility index (Phi) is 2.97. The summed E-state index contributed by atoms with van der Waals surface area (Å²) in [6.07, 6.45) is 1.63. The highest BCUT2D eigenvalue weighted by molar-refractivity contribution is 9.09. The summed E-state index contributed by atoms with van der Waals surface area (Å²) in [5.41, 5.74) is 1.49. The van der Waals surface area contributed by atoms with Crippen molar-refractivity contribution in [2.75, 3.05) is 5.33 Å². The maximum absolute atomic E-state index is 11.6. The van der Waals surface area contributed by atoms with Gasteiger partial charge >= 0.3 is 0 Å². The lowest BCUT2D eigenvalue weighted by atomic mass is 10.3. The Bertz CT molecular complexity index is 464. The monoisotopic (exact) mass is 264 g/mol. The second-order valence-electron chi connectivity index (χ2n) is 3.02. The molecule has 0 fully saturated rings. The van der Waals surface area contributed by atoms with E-state index in [0.29, 0.717) is 11.0 Å². The molecule has 0 saturated heterocycles. The molecule has 0 N–H and O–H groups in total. The number of rotatable bonds is 3. The molecule has 0 bridgehead atoms. The maximum atomic E-state index is 11.6. The number of halogens is 1. The van der Waals surface area contributed by atoms with Crippen LogP contribution in [0.15, 0.2) is 42.6 Å². The lowest BCUT2D eigenvalue weighted by Gasteiger charge is -2.04. The van der Waals surface area contributed by atoms with Gasteiger partial charge in [0, 0.05) is 0 Å². The van der Waals surface area contributed by atoms with Crippen LogP contribution < -0.4 is 0 Å². The first kappa shape index (κ1) is 10.1. The fourth-order valence-corrected chi connectivity index (χ4v) is 1.65. The Labute approximate surface area is 95.9 Å². The van der Waals surface area contributed by atoms with Gasteiger partial charge in [-0.3, -0.25) is 4.79 Å². The van der Waals surface area contributed by atoms with Crippen LogP contribution in [0.25, 0.3) is 5.69 Å². The molecule has 0 atom stereocenters. The average molecular weight is 265 g/mol. The van der Waals surface area contributed by atoms with E-state index in [2.05, 4.69) is 21.0 Å². The maximum Gasteiger partial charge on any atom is 0.191 e. The molecule has 0 spiro atoms. The summed E-state index contributed by atoms with van der Waals surface area (Å²) >= 11 is 3.15. The van der Waals surface area contributed by atoms with Crippen molar-refractivity contribution in [1.29, 1.82) is 0 Å². The fraction of sp³-hybridized carbons (Fsp3) is 0.0909. The van der Waals surface area contributed by atoms with Gasteiger partial charge in [-0.1, -0.05) is 34.1 Å². The molecular formula is C11H9BrN2O. The highest BCUT2D eigenvalue weighted by Gasteiger charge is 2.11. The minimum absolute atomic E-state index is 0.0244. The van der Waals surface area contributed by atoms with E-state index in [1.807, 2.05) is 30.3 Å². The molecule has 1 aromatic carbocycles. The van der Waals surface area contributed by atoms with E-state index in [0.717, 1.165) is 5.69 Å². The summed E-state index contributed by atoms with van der Waals surface area (Å²) in [7, 11) is 0. The van der Waals surface area contributed by atoms with Crippen LogP contribution in [0.1, 0.15) is 10.5 Å². The third-order valence-corrected chi connectivity index (χ3v) is 2.56. The van der Waals surface area contributed by atoms with Gasteiger partial charge in [-0.2, -0.15) is 5.10 Å². The molecule has 0 aliphatic rings. The van der Waals surface area contributed by atoms with E-state index in [4.69, 9.17) is 0 Å². The molecule has 2 aromatic rings. The van der Waals surface area contributed by atoms with Crippen molar-refractivity contribution in [2.24, 2.45) is 0 Å². The van der Waals surface area contributed by atoms with E-state index in [1.165, 1.54) is 0 Å². The summed E-state index contributed by atoms with van der Waals surface area (Å²) in [4.78, 5) is 11.6. The number of alkyl halides is 1. The Morgan fingerprint density at radius 1 is 1.27 bits per heavy atom. The van der Waals surface area contributed by atoms with Gasteiger partial charge in [0.05, 0.1) is 17.2 Å². The average Bonchev–Trinajstić information content (AvgIpc) is 2.78. The zero-order chi connectivity index (χ0) is 10.7. The molecule has 4 heteroatoms. The molecule has 0 unspecified atom stereocenters. The van der Waals surface area contributed by atoms with Crippen molar-refractivity contribution < 1.29 is 4.79 Å². The number of ketones is 1. The molecular weight excluding hydrogens is 256 g/mol.